The molecule has 1 rings (SSSR count). The van der Waals surface area contributed by atoms with Crippen LogP contribution in [-0.2, 0) is 11.2 Å². The second kappa shape index (κ2) is 8.62. The van der Waals surface area contributed by atoms with Gasteiger partial charge in [0.2, 0.25) is 5.91 Å². The minimum atomic E-state index is -0.417. The third kappa shape index (κ3) is 6.58. The maximum absolute atomic E-state index is 13.9. The van der Waals surface area contributed by atoms with Crippen LogP contribution in [0, 0.1) is 5.82 Å². The number of carbonyl (C=O) groups is 1. The lowest BCUT2D eigenvalue weighted by atomic mass is 10.0. The summed E-state index contributed by atoms with van der Waals surface area (Å²) in [5, 5.41) is 2.75. The summed E-state index contributed by atoms with van der Waals surface area (Å²) in [6.45, 7) is 5.93. The Balaban J connectivity index is 2.47. The van der Waals surface area contributed by atoms with E-state index in [0.29, 0.717) is 6.42 Å². The zero-order chi connectivity index (χ0) is 15.8. The first-order chi connectivity index (χ1) is 9.92. The molecule has 118 valence electrons. The molecule has 0 aliphatic rings. The lowest BCUT2D eigenvalue weighted by Gasteiger charge is -2.12. The van der Waals surface area contributed by atoms with E-state index in [2.05, 4.69) is 5.32 Å². The average molecular weight is 296 g/mol. The van der Waals surface area contributed by atoms with Crippen LogP contribution in [-0.4, -0.2) is 24.6 Å². The number of hydrogen-bond acceptors (Lipinski definition) is 3. The Kier molecular flexibility index (Phi) is 7.15. The Morgan fingerprint density at radius 1 is 1.43 bits per heavy atom. The van der Waals surface area contributed by atoms with E-state index in [4.69, 9.17) is 10.5 Å². The van der Waals surface area contributed by atoms with E-state index in [1.807, 2.05) is 26.8 Å². The molecule has 3 N–H and O–H groups in total. The molecule has 21 heavy (non-hydrogen) atoms. The average Bonchev–Trinajstić information content (AvgIpc) is 2.40. The third-order valence-corrected chi connectivity index (χ3v) is 3.05. The Bertz CT molecular complexity index is 464. The number of carbonyl (C=O) groups excluding carboxylic acids is 1. The summed E-state index contributed by atoms with van der Waals surface area (Å²) < 4.78 is 19.2. The van der Waals surface area contributed by atoms with Crippen molar-refractivity contribution in [3.05, 3.63) is 29.6 Å². The van der Waals surface area contributed by atoms with E-state index in [9.17, 15) is 9.18 Å². The van der Waals surface area contributed by atoms with Gasteiger partial charge in [0.05, 0.1) is 13.0 Å². The number of amides is 1. The van der Waals surface area contributed by atoms with Crippen molar-refractivity contribution in [2.75, 3.05) is 6.61 Å². The van der Waals surface area contributed by atoms with Gasteiger partial charge in [-0.3, -0.25) is 4.79 Å². The first kappa shape index (κ1) is 17.4. The fraction of sp³-hybridized carbons (Fsp3) is 0.562. The van der Waals surface area contributed by atoms with Gasteiger partial charge in [-0.2, -0.15) is 0 Å². The van der Waals surface area contributed by atoms with Crippen molar-refractivity contribution in [3.8, 4) is 5.75 Å². The fourth-order valence-electron chi connectivity index (χ4n) is 1.88. The summed E-state index contributed by atoms with van der Waals surface area (Å²) >= 11 is 0. The van der Waals surface area contributed by atoms with E-state index < -0.39 is 5.82 Å². The molecule has 0 saturated carbocycles. The molecule has 0 spiro atoms. The molecule has 0 fully saturated rings. The van der Waals surface area contributed by atoms with E-state index in [0.717, 1.165) is 12.0 Å². The Hall–Kier alpha value is -1.62. The van der Waals surface area contributed by atoms with Gasteiger partial charge in [-0.15, -0.1) is 0 Å². The van der Waals surface area contributed by atoms with E-state index in [1.54, 1.807) is 6.07 Å². The van der Waals surface area contributed by atoms with Crippen molar-refractivity contribution in [1.29, 1.82) is 0 Å². The van der Waals surface area contributed by atoms with Crippen LogP contribution in [0.15, 0.2) is 18.2 Å². The standard InChI is InChI=1S/C16H25FN2O2/c1-4-13(18)9-12-5-6-15(14(17)10-12)21-8-7-16(20)19-11(2)3/h5-6,10-11,13H,4,7-9,18H2,1-3H3,(H,19,20). The maximum Gasteiger partial charge on any atom is 0.223 e. The first-order valence-electron chi connectivity index (χ1n) is 7.38. The fourth-order valence-corrected chi connectivity index (χ4v) is 1.88. The highest BCUT2D eigenvalue weighted by Crippen LogP contribution is 2.19. The molecule has 1 amide bonds. The number of benzene rings is 1. The second-order valence-electron chi connectivity index (χ2n) is 5.46. The van der Waals surface area contributed by atoms with Crippen molar-refractivity contribution >= 4 is 5.91 Å². The Morgan fingerprint density at radius 3 is 2.71 bits per heavy atom. The molecule has 1 unspecified atom stereocenters. The van der Waals surface area contributed by atoms with Gasteiger partial charge >= 0.3 is 0 Å². The van der Waals surface area contributed by atoms with Gasteiger partial charge in [-0.1, -0.05) is 13.0 Å². The first-order valence-corrected chi connectivity index (χ1v) is 7.38. The second-order valence-corrected chi connectivity index (χ2v) is 5.46. The van der Waals surface area contributed by atoms with Crippen LogP contribution < -0.4 is 15.8 Å². The van der Waals surface area contributed by atoms with Gasteiger partial charge in [-0.25, -0.2) is 4.39 Å². The van der Waals surface area contributed by atoms with Gasteiger partial charge in [0.25, 0.3) is 0 Å². The predicted molar refractivity (Wildman–Crippen MR) is 81.8 cm³/mol. The molecule has 0 radical (unpaired) electrons. The molecule has 0 bridgehead atoms. The highest BCUT2D eigenvalue weighted by atomic mass is 19.1. The zero-order valence-corrected chi connectivity index (χ0v) is 13.0. The molecule has 0 aromatic heterocycles. The normalized spacial score (nSPS) is 12.3. The molecule has 1 aromatic carbocycles. The van der Waals surface area contributed by atoms with Gasteiger partial charge in [-0.05, 0) is 44.4 Å². The van der Waals surface area contributed by atoms with Crippen molar-refractivity contribution in [3.63, 3.8) is 0 Å². The molecule has 1 atom stereocenters. The van der Waals surface area contributed by atoms with Crippen molar-refractivity contribution < 1.29 is 13.9 Å². The van der Waals surface area contributed by atoms with Crippen molar-refractivity contribution in [2.24, 2.45) is 5.73 Å². The summed E-state index contributed by atoms with van der Waals surface area (Å²) in [6.07, 6.45) is 1.70. The maximum atomic E-state index is 13.9. The van der Waals surface area contributed by atoms with E-state index in [-0.39, 0.29) is 36.8 Å². The number of halogens is 1. The molecule has 1 aromatic rings. The smallest absolute Gasteiger partial charge is 0.223 e. The summed E-state index contributed by atoms with van der Waals surface area (Å²) in [4.78, 5) is 11.4. The van der Waals surface area contributed by atoms with Gasteiger partial charge in [0.15, 0.2) is 11.6 Å². The van der Waals surface area contributed by atoms with Gasteiger partial charge < -0.3 is 15.8 Å². The molecule has 0 aliphatic carbocycles. The predicted octanol–water partition coefficient (Wildman–Crippen LogP) is 2.40. The number of nitrogens with two attached hydrogens (primary N) is 1. The largest absolute Gasteiger partial charge is 0.490 e. The monoisotopic (exact) mass is 296 g/mol. The van der Waals surface area contributed by atoms with Gasteiger partial charge in [0.1, 0.15) is 0 Å². The molecule has 0 saturated heterocycles. The minimum Gasteiger partial charge on any atom is -0.490 e. The number of rotatable bonds is 8. The topological polar surface area (TPSA) is 64.3 Å². The van der Waals surface area contributed by atoms with Crippen LogP contribution in [0.2, 0.25) is 0 Å². The molecule has 4 nitrogen and oxygen atoms in total. The van der Waals surface area contributed by atoms with Crippen LogP contribution in [0.3, 0.4) is 0 Å². The third-order valence-electron chi connectivity index (χ3n) is 3.05. The SMILES string of the molecule is CCC(N)Cc1ccc(OCCC(=O)NC(C)C)c(F)c1. The number of hydrogen-bond donors (Lipinski definition) is 2. The Labute approximate surface area is 125 Å². The zero-order valence-electron chi connectivity index (χ0n) is 13.0. The molecule has 5 heteroatoms. The van der Waals surface area contributed by atoms with Crippen LogP contribution in [0.1, 0.15) is 39.2 Å². The van der Waals surface area contributed by atoms with E-state index >= 15 is 0 Å². The van der Waals surface area contributed by atoms with Crippen molar-refractivity contribution in [1.82, 2.24) is 5.32 Å². The number of ether oxygens (including phenoxy) is 1. The van der Waals surface area contributed by atoms with Crippen LogP contribution >= 0.6 is 0 Å². The van der Waals surface area contributed by atoms with Crippen molar-refractivity contribution in [2.45, 2.75) is 52.1 Å². The Morgan fingerprint density at radius 2 is 2.14 bits per heavy atom. The lowest BCUT2D eigenvalue weighted by molar-refractivity contribution is -0.122. The molecular weight excluding hydrogens is 271 g/mol. The highest BCUT2D eigenvalue weighted by molar-refractivity contribution is 5.76. The van der Waals surface area contributed by atoms with Gasteiger partial charge in [0, 0.05) is 12.1 Å². The summed E-state index contributed by atoms with van der Waals surface area (Å²) in [7, 11) is 0. The quantitative estimate of drug-likeness (QED) is 0.774. The highest BCUT2D eigenvalue weighted by Gasteiger charge is 2.09. The minimum absolute atomic E-state index is 0.0379. The van der Waals surface area contributed by atoms with Crippen LogP contribution in [0.5, 0.6) is 5.75 Å². The summed E-state index contributed by atoms with van der Waals surface area (Å²) in [5.41, 5.74) is 6.70. The lowest BCUT2D eigenvalue weighted by Crippen LogP contribution is -2.31. The van der Waals surface area contributed by atoms with Crippen LogP contribution in [0.25, 0.3) is 0 Å². The summed E-state index contributed by atoms with van der Waals surface area (Å²) in [6, 6.07) is 4.97. The molecular formula is C16H25FN2O2. The molecule has 0 aliphatic heterocycles. The summed E-state index contributed by atoms with van der Waals surface area (Å²) in [5.74, 6) is -0.350. The molecule has 0 heterocycles. The van der Waals surface area contributed by atoms with E-state index in [1.165, 1.54) is 6.07 Å². The van der Waals surface area contributed by atoms with Crippen LogP contribution in [0.4, 0.5) is 4.39 Å². The number of nitrogens with one attached hydrogen (secondary N) is 1.